The first kappa shape index (κ1) is 32.2. The number of fused-ring (bicyclic) bond motifs is 1. The molecule has 2 aromatic heterocycles. The molecule has 1 aliphatic heterocycles. The predicted molar refractivity (Wildman–Crippen MR) is 119 cm³/mol. The highest BCUT2D eigenvalue weighted by molar-refractivity contribution is 5.92. The molecule has 2 fully saturated rings. The minimum atomic E-state index is -5.08. The van der Waals surface area contributed by atoms with Crippen molar-refractivity contribution in [2.75, 3.05) is 13.2 Å². The summed E-state index contributed by atoms with van der Waals surface area (Å²) in [5, 5.41) is 14.2. The summed E-state index contributed by atoms with van der Waals surface area (Å²) in [5.74, 6) is -6.13. The monoisotopic (exact) mass is 585 g/mol. The Morgan fingerprint density at radius 2 is 1.60 bits per heavy atom. The minimum Gasteiger partial charge on any atom is -0.475 e. The standard InChI is InChI=1S/C19H20FN3O3.2C2HF3O2/c1-12-4-2-6-14(22-12)19(24)23-10-11-25-17-15(23)7-8-16(17)26-18-13(20)5-3-9-21-18;2*3-2(4,5)1(6)7/h2-6,9,15-17H,7-8,10-11H2,1H3;2*(H,6,7)/t15-,16+,17+;;/m0../s1. The Bertz CT molecular complexity index is 1170. The second kappa shape index (κ2) is 13.4. The first-order chi connectivity index (χ1) is 18.5. The van der Waals surface area contributed by atoms with Gasteiger partial charge in [0, 0.05) is 18.4 Å². The van der Waals surface area contributed by atoms with Crippen LogP contribution in [0, 0.1) is 12.7 Å². The zero-order chi connectivity index (χ0) is 30.3. The number of morpholine rings is 1. The number of aromatic nitrogens is 2. The number of carboxylic acids is 2. The van der Waals surface area contributed by atoms with Crippen LogP contribution in [0.2, 0.25) is 0 Å². The second-order valence-corrected chi connectivity index (χ2v) is 8.20. The lowest BCUT2D eigenvalue weighted by Crippen LogP contribution is -2.54. The van der Waals surface area contributed by atoms with Gasteiger partial charge in [-0.1, -0.05) is 6.07 Å². The summed E-state index contributed by atoms with van der Waals surface area (Å²) >= 11 is 0. The summed E-state index contributed by atoms with van der Waals surface area (Å²) in [5.41, 5.74) is 1.24. The maximum Gasteiger partial charge on any atom is 0.490 e. The van der Waals surface area contributed by atoms with Crippen molar-refractivity contribution in [3.05, 3.63) is 53.7 Å². The van der Waals surface area contributed by atoms with Crippen LogP contribution in [0.4, 0.5) is 30.7 Å². The van der Waals surface area contributed by atoms with Gasteiger partial charge in [0.15, 0.2) is 5.82 Å². The number of pyridine rings is 2. The molecule has 40 heavy (non-hydrogen) atoms. The highest BCUT2D eigenvalue weighted by Gasteiger charge is 2.46. The number of aryl methyl sites for hydroxylation is 1. The number of amides is 1. The number of hydrogen-bond acceptors (Lipinski definition) is 7. The fourth-order valence-electron chi connectivity index (χ4n) is 3.70. The van der Waals surface area contributed by atoms with Crippen LogP contribution >= 0.6 is 0 Å². The number of carbonyl (C=O) groups excluding carboxylic acids is 1. The smallest absolute Gasteiger partial charge is 0.475 e. The molecule has 1 amide bonds. The number of halogens is 7. The number of rotatable bonds is 3. The van der Waals surface area contributed by atoms with E-state index in [2.05, 4.69) is 9.97 Å². The van der Waals surface area contributed by atoms with Gasteiger partial charge in [0.05, 0.1) is 12.6 Å². The first-order valence-corrected chi connectivity index (χ1v) is 11.3. The van der Waals surface area contributed by atoms with Crippen molar-refractivity contribution < 1.29 is 64.8 Å². The number of carboxylic acid groups (broad SMARTS) is 2. The molecule has 1 saturated heterocycles. The minimum absolute atomic E-state index is 0.0226. The highest BCUT2D eigenvalue weighted by atomic mass is 19.4. The molecule has 1 aliphatic carbocycles. The van der Waals surface area contributed by atoms with Crippen LogP contribution in [-0.2, 0) is 14.3 Å². The molecule has 0 bridgehead atoms. The molecule has 2 N–H and O–H groups in total. The molecule has 0 aromatic carbocycles. The number of ether oxygens (including phenoxy) is 2. The largest absolute Gasteiger partial charge is 0.490 e. The molecule has 0 radical (unpaired) electrons. The van der Waals surface area contributed by atoms with Crippen LogP contribution in [0.25, 0.3) is 0 Å². The molecule has 3 heterocycles. The molecule has 3 atom stereocenters. The van der Waals surface area contributed by atoms with Gasteiger partial charge in [-0.25, -0.2) is 23.9 Å². The van der Waals surface area contributed by atoms with Crippen LogP contribution in [0.3, 0.4) is 0 Å². The van der Waals surface area contributed by atoms with Gasteiger partial charge in [-0.05, 0) is 44.0 Å². The van der Waals surface area contributed by atoms with Crippen molar-refractivity contribution in [2.45, 2.75) is 50.4 Å². The van der Waals surface area contributed by atoms with E-state index in [0.29, 0.717) is 25.3 Å². The van der Waals surface area contributed by atoms with Gasteiger partial charge < -0.3 is 24.6 Å². The van der Waals surface area contributed by atoms with E-state index < -0.39 is 30.1 Å². The van der Waals surface area contributed by atoms with Gasteiger partial charge in [0.2, 0.25) is 0 Å². The van der Waals surface area contributed by atoms with E-state index in [1.54, 1.807) is 6.07 Å². The Morgan fingerprint density at radius 1 is 1.00 bits per heavy atom. The van der Waals surface area contributed by atoms with Crippen molar-refractivity contribution in [3.8, 4) is 5.88 Å². The molecule has 17 heteroatoms. The van der Waals surface area contributed by atoms with E-state index in [0.717, 1.165) is 12.1 Å². The van der Waals surface area contributed by atoms with Crippen molar-refractivity contribution in [1.29, 1.82) is 0 Å². The van der Waals surface area contributed by atoms with E-state index in [9.17, 15) is 35.5 Å². The van der Waals surface area contributed by atoms with Gasteiger partial charge >= 0.3 is 24.3 Å². The third-order valence-corrected chi connectivity index (χ3v) is 5.38. The maximum absolute atomic E-state index is 13.8. The average molecular weight is 585 g/mol. The van der Waals surface area contributed by atoms with Gasteiger partial charge in [-0.15, -0.1) is 0 Å². The van der Waals surface area contributed by atoms with Gasteiger partial charge in [0.25, 0.3) is 11.8 Å². The Labute approximate surface area is 221 Å². The van der Waals surface area contributed by atoms with Crippen LogP contribution in [0.5, 0.6) is 5.88 Å². The number of alkyl halides is 6. The summed E-state index contributed by atoms with van der Waals surface area (Å²) in [6.45, 7) is 2.79. The van der Waals surface area contributed by atoms with Crippen LogP contribution in [-0.4, -0.2) is 86.7 Å². The zero-order valence-electron chi connectivity index (χ0n) is 20.4. The molecule has 1 saturated carbocycles. The first-order valence-electron chi connectivity index (χ1n) is 11.3. The summed E-state index contributed by atoms with van der Waals surface area (Å²) in [7, 11) is 0. The van der Waals surface area contributed by atoms with Crippen molar-refractivity contribution >= 4 is 17.8 Å². The third-order valence-electron chi connectivity index (χ3n) is 5.38. The molecule has 4 rings (SSSR count). The van der Waals surface area contributed by atoms with Gasteiger partial charge in [-0.2, -0.15) is 26.3 Å². The average Bonchev–Trinajstić information content (AvgIpc) is 3.27. The zero-order valence-corrected chi connectivity index (χ0v) is 20.4. The molecule has 2 aliphatic rings. The van der Waals surface area contributed by atoms with Crippen molar-refractivity contribution in [1.82, 2.24) is 14.9 Å². The fraction of sp³-hybridized carbons (Fsp3) is 0.435. The van der Waals surface area contributed by atoms with Gasteiger partial charge in [-0.3, -0.25) is 4.79 Å². The highest BCUT2D eigenvalue weighted by Crippen LogP contribution is 2.33. The number of carbonyl (C=O) groups is 3. The van der Waals surface area contributed by atoms with Gasteiger partial charge in [0.1, 0.15) is 17.9 Å². The predicted octanol–water partition coefficient (Wildman–Crippen LogP) is 3.64. The molecule has 2 aromatic rings. The number of aliphatic carboxylic acids is 2. The van der Waals surface area contributed by atoms with Crippen LogP contribution in [0.1, 0.15) is 29.0 Å². The topological polar surface area (TPSA) is 139 Å². The van der Waals surface area contributed by atoms with Crippen molar-refractivity contribution in [2.24, 2.45) is 0 Å². The number of nitrogens with zero attached hydrogens (tertiary/aromatic N) is 3. The van der Waals surface area contributed by atoms with Crippen molar-refractivity contribution in [3.63, 3.8) is 0 Å². The van der Waals surface area contributed by atoms with E-state index >= 15 is 0 Å². The van der Waals surface area contributed by atoms with E-state index in [1.807, 2.05) is 24.0 Å². The SMILES string of the molecule is Cc1cccc(C(=O)N2CCO[C@H]3[C@H](Oc4ncccc4F)CC[C@@H]32)n1.O=C(O)C(F)(F)F.O=C(O)C(F)(F)F. The number of hydrogen-bond donors (Lipinski definition) is 2. The quantitative estimate of drug-likeness (QED) is 0.517. The molecule has 0 unspecified atom stereocenters. The Balaban J connectivity index is 0.000000333. The summed E-state index contributed by atoms with van der Waals surface area (Å²) < 4.78 is 88.9. The summed E-state index contributed by atoms with van der Waals surface area (Å²) in [4.78, 5) is 40.8. The molecule has 220 valence electrons. The summed E-state index contributed by atoms with van der Waals surface area (Å²) in [6, 6.07) is 8.15. The fourth-order valence-corrected chi connectivity index (χ4v) is 3.70. The molecular weight excluding hydrogens is 563 g/mol. The van der Waals surface area contributed by atoms with Crippen LogP contribution in [0.15, 0.2) is 36.5 Å². The van der Waals surface area contributed by atoms with E-state index in [1.165, 1.54) is 18.3 Å². The molecule has 0 spiro atoms. The third kappa shape index (κ3) is 9.03. The Kier molecular flexibility index (Phi) is 10.8. The lowest BCUT2D eigenvalue weighted by molar-refractivity contribution is -0.193. The van der Waals surface area contributed by atoms with E-state index in [4.69, 9.17) is 29.3 Å². The second-order valence-electron chi connectivity index (χ2n) is 8.20. The van der Waals surface area contributed by atoms with Crippen LogP contribution < -0.4 is 4.74 Å². The van der Waals surface area contributed by atoms with E-state index in [-0.39, 0.29) is 30.0 Å². The lowest BCUT2D eigenvalue weighted by Gasteiger charge is -2.38. The maximum atomic E-state index is 13.8. The molecule has 10 nitrogen and oxygen atoms in total. The molecular formula is C23H22F7N3O7. The summed E-state index contributed by atoms with van der Waals surface area (Å²) in [6.07, 6.45) is -7.88. The Morgan fingerprint density at radius 3 is 2.12 bits per heavy atom. The Hall–Kier alpha value is -4.02. The normalized spacial score (nSPS) is 20.2. The lowest BCUT2D eigenvalue weighted by atomic mass is 10.1.